The van der Waals surface area contributed by atoms with E-state index < -0.39 is 6.04 Å². The van der Waals surface area contributed by atoms with Crippen molar-refractivity contribution < 1.29 is 9.53 Å². The van der Waals surface area contributed by atoms with E-state index in [1.54, 1.807) is 16.6 Å². The van der Waals surface area contributed by atoms with Crippen LogP contribution >= 0.6 is 11.3 Å². The molecule has 230 valence electrons. The second-order valence-electron chi connectivity index (χ2n) is 11.3. The van der Waals surface area contributed by atoms with Crippen molar-refractivity contribution in [3.05, 3.63) is 133 Å². The number of aromatic amines is 1. The van der Waals surface area contributed by atoms with Crippen molar-refractivity contribution in [1.82, 2.24) is 14.5 Å². The predicted octanol–water partition coefficient (Wildman–Crippen LogP) is 6.41. The van der Waals surface area contributed by atoms with E-state index in [4.69, 9.17) is 9.73 Å². The summed E-state index contributed by atoms with van der Waals surface area (Å²) < 4.78 is 8.17. The Morgan fingerprint density at radius 1 is 0.957 bits per heavy atom. The van der Waals surface area contributed by atoms with Gasteiger partial charge in [-0.05, 0) is 55.3 Å². The Balaban J connectivity index is 1.54. The van der Waals surface area contributed by atoms with Gasteiger partial charge < -0.3 is 14.6 Å². The summed E-state index contributed by atoms with van der Waals surface area (Å²) in [5.74, 6) is 0.476. The van der Waals surface area contributed by atoms with Gasteiger partial charge in [0.1, 0.15) is 11.8 Å². The van der Waals surface area contributed by atoms with Gasteiger partial charge in [0.15, 0.2) is 4.80 Å². The van der Waals surface area contributed by atoms with Crippen LogP contribution in [0.25, 0.3) is 39.0 Å². The van der Waals surface area contributed by atoms with Crippen LogP contribution in [0.2, 0.25) is 0 Å². The number of allylic oxidation sites excluding steroid dienone is 1. The quantitative estimate of drug-likeness (QED) is 0.222. The molecule has 4 aromatic carbocycles. The molecule has 6 aromatic rings. The van der Waals surface area contributed by atoms with Crippen LogP contribution < -0.4 is 19.6 Å². The van der Waals surface area contributed by atoms with Gasteiger partial charge in [-0.25, -0.2) is 4.99 Å². The standard InChI is InChI=1S/C38H34N4O3S/c1-5-41(6-2)37(44)32-23(3)39-38-42(35(32)33-26-17-11-10-14-24(26)20-21-30(33)45-4)36(43)31(46-38)22-28-27-18-12-13-19-29(27)40-34(28)25-15-8-7-9-16-25/h7-22,35,40H,5-6H2,1-4H3/b31-22+/t35-/m1/s1. The first kappa shape index (κ1) is 29.5. The van der Waals surface area contributed by atoms with Crippen molar-refractivity contribution in [2.45, 2.75) is 26.8 Å². The Labute approximate surface area is 270 Å². The summed E-state index contributed by atoms with van der Waals surface area (Å²) in [6.07, 6.45) is 1.97. The van der Waals surface area contributed by atoms with E-state index in [0.29, 0.717) is 39.4 Å². The molecule has 0 aliphatic carbocycles. The van der Waals surface area contributed by atoms with Gasteiger partial charge in [0, 0.05) is 35.1 Å². The summed E-state index contributed by atoms with van der Waals surface area (Å²) in [5, 5.41) is 2.94. The van der Waals surface area contributed by atoms with E-state index >= 15 is 0 Å². The molecule has 0 unspecified atom stereocenters. The number of hydrogen-bond acceptors (Lipinski definition) is 5. The Morgan fingerprint density at radius 3 is 2.39 bits per heavy atom. The summed E-state index contributed by atoms with van der Waals surface area (Å²) in [6, 6.07) is 29.4. The molecule has 8 heteroatoms. The highest BCUT2D eigenvalue weighted by Crippen LogP contribution is 2.40. The van der Waals surface area contributed by atoms with E-state index in [1.165, 1.54) is 11.3 Å². The monoisotopic (exact) mass is 626 g/mol. The van der Waals surface area contributed by atoms with E-state index in [2.05, 4.69) is 23.2 Å². The van der Waals surface area contributed by atoms with Gasteiger partial charge in [-0.15, -0.1) is 0 Å². The molecule has 1 aliphatic rings. The van der Waals surface area contributed by atoms with Gasteiger partial charge in [0.2, 0.25) is 0 Å². The van der Waals surface area contributed by atoms with E-state index in [0.717, 1.165) is 44.1 Å². The molecule has 0 radical (unpaired) electrons. The lowest BCUT2D eigenvalue weighted by molar-refractivity contribution is -0.127. The number of carbonyl (C=O) groups excluding carboxylic acids is 1. The van der Waals surface area contributed by atoms with Crippen LogP contribution in [0.4, 0.5) is 0 Å². The Bertz CT molecular complexity index is 2340. The minimum absolute atomic E-state index is 0.136. The molecular weight excluding hydrogens is 593 g/mol. The van der Waals surface area contributed by atoms with Crippen LogP contribution in [-0.2, 0) is 4.79 Å². The number of thiazole rings is 1. The topological polar surface area (TPSA) is 79.7 Å². The van der Waals surface area contributed by atoms with Crippen LogP contribution in [0.1, 0.15) is 37.9 Å². The maximum Gasteiger partial charge on any atom is 0.271 e. The predicted molar refractivity (Wildman–Crippen MR) is 186 cm³/mol. The zero-order valence-corrected chi connectivity index (χ0v) is 27.0. The molecule has 0 spiro atoms. The SMILES string of the molecule is CCN(CC)C(=O)C1=C(C)N=c2s/c(=C/c3c(-c4ccccc4)[nH]c4ccccc34)c(=O)n2[C@H]1c1c(OC)ccc2ccccc12. The molecule has 0 bridgehead atoms. The van der Waals surface area contributed by atoms with E-state index in [1.807, 2.05) is 99.6 Å². The molecule has 3 heterocycles. The lowest BCUT2D eigenvalue weighted by Gasteiger charge is -2.30. The first-order valence-corrected chi connectivity index (χ1v) is 16.3. The maximum absolute atomic E-state index is 14.7. The first-order chi connectivity index (χ1) is 22.4. The number of fused-ring (bicyclic) bond motifs is 3. The molecule has 1 amide bonds. The number of amides is 1. The van der Waals surface area contributed by atoms with Crippen LogP contribution in [0.15, 0.2) is 112 Å². The minimum atomic E-state index is -0.732. The number of nitrogens with zero attached hydrogens (tertiary/aromatic N) is 3. The smallest absolute Gasteiger partial charge is 0.271 e. The summed E-state index contributed by atoms with van der Waals surface area (Å²) >= 11 is 1.34. The number of H-pyrrole nitrogens is 1. The second kappa shape index (κ2) is 11.9. The summed E-state index contributed by atoms with van der Waals surface area (Å²) in [4.78, 5) is 39.8. The molecule has 1 N–H and O–H groups in total. The van der Waals surface area contributed by atoms with Crippen molar-refractivity contribution in [2.75, 3.05) is 20.2 Å². The molecule has 1 aliphatic heterocycles. The molecule has 1 atom stereocenters. The number of methoxy groups -OCH3 is 1. The Hall–Kier alpha value is -5.21. The largest absolute Gasteiger partial charge is 0.496 e. The fourth-order valence-electron chi connectivity index (χ4n) is 6.56. The minimum Gasteiger partial charge on any atom is -0.496 e. The maximum atomic E-state index is 14.7. The van der Waals surface area contributed by atoms with Crippen molar-refractivity contribution in [3.63, 3.8) is 0 Å². The fourth-order valence-corrected chi connectivity index (χ4v) is 7.59. The fraction of sp³-hybridized carbons (Fsp3) is 0.184. The number of nitrogens with one attached hydrogen (secondary N) is 1. The highest BCUT2D eigenvalue weighted by atomic mass is 32.1. The van der Waals surface area contributed by atoms with Crippen LogP contribution in [0.5, 0.6) is 5.75 Å². The number of carbonyl (C=O) groups is 1. The summed E-state index contributed by atoms with van der Waals surface area (Å²) in [7, 11) is 1.63. The molecule has 46 heavy (non-hydrogen) atoms. The Kier molecular flexibility index (Phi) is 7.66. The van der Waals surface area contributed by atoms with Crippen molar-refractivity contribution in [2.24, 2.45) is 4.99 Å². The Morgan fingerprint density at radius 2 is 1.65 bits per heavy atom. The molecule has 2 aromatic heterocycles. The van der Waals surface area contributed by atoms with Gasteiger partial charge in [0.05, 0.1) is 28.6 Å². The molecule has 7 nitrogen and oxygen atoms in total. The van der Waals surface area contributed by atoms with Gasteiger partial charge in [-0.3, -0.25) is 14.2 Å². The summed E-state index contributed by atoms with van der Waals surface area (Å²) in [5.41, 5.74) is 5.53. The van der Waals surface area contributed by atoms with Gasteiger partial charge in [-0.1, -0.05) is 90.2 Å². The number of para-hydroxylation sites is 1. The van der Waals surface area contributed by atoms with E-state index in [9.17, 15) is 9.59 Å². The van der Waals surface area contributed by atoms with Crippen molar-refractivity contribution in [3.8, 4) is 17.0 Å². The van der Waals surface area contributed by atoms with Crippen LogP contribution in [0.3, 0.4) is 0 Å². The number of ether oxygens (including phenoxy) is 1. The summed E-state index contributed by atoms with van der Waals surface area (Å²) in [6.45, 7) is 6.88. The van der Waals surface area contributed by atoms with Crippen molar-refractivity contribution >= 4 is 45.0 Å². The first-order valence-electron chi connectivity index (χ1n) is 15.5. The number of rotatable bonds is 7. The normalized spacial score (nSPS) is 14.9. The third-order valence-corrected chi connectivity index (χ3v) is 9.79. The number of benzene rings is 4. The molecular formula is C38H34N4O3S. The molecule has 0 saturated carbocycles. The highest BCUT2D eigenvalue weighted by Gasteiger charge is 2.36. The molecule has 0 fully saturated rings. The number of likely N-dealkylation sites (N-methyl/N-ethyl adjacent to an activating group) is 1. The molecule has 7 rings (SSSR count). The number of hydrogen-bond donors (Lipinski definition) is 1. The second-order valence-corrected chi connectivity index (χ2v) is 12.3. The van der Waals surface area contributed by atoms with Crippen molar-refractivity contribution in [1.29, 1.82) is 0 Å². The van der Waals surface area contributed by atoms with Gasteiger partial charge in [0.25, 0.3) is 11.5 Å². The highest BCUT2D eigenvalue weighted by molar-refractivity contribution is 7.07. The van der Waals surface area contributed by atoms with E-state index in [-0.39, 0.29) is 11.5 Å². The lowest BCUT2D eigenvalue weighted by atomic mass is 9.90. The lowest BCUT2D eigenvalue weighted by Crippen LogP contribution is -2.43. The van der Waals surface area contributed by atoms with Gasteiger partial charge in [-0.2, -0.15) is 0 Å². The van der Waals surface area contributed by atoms with Crippen LogP contribution in [0, 0.1) is 0 Å². The molecule has 0 saturated heterocycles. The van der Waals surface area contributed by atoms with Gasteiger partial charge >= 0.3 is 0 Å². The van der Waals surface area contributed by atoms with Crippen LogP contribution in [-0.4, -0.2) is 40.6 Å². The number of aromatic nitrogens is 2. The third kappa shape index (κ3) is 4.77. The average Bonchev–Trinajstić information content (AvgIpc) is 3.61. The average molecular weight is 627 g/mol. The zero-order valence-electron chi connectivity index (χ0n) is 26.2. The zero-order chi connectivity index (χ0) is 31.9. The third-order valence-electron chi connectivity index (χ3n) is 8.81.